The van der Waals surface area contributed by atoms with Crippen LogP contribution in [0.3, 0.4) is 0 Å². The lowest BCUT2D eigenvalue weighted by molar-refractivity contribution is -0.274. The molecule has 0 spiro atoms. The van der Waals surface area contributed by atoms with Crippen LogP contribution in [0.15, 0.2) is 60.9 Å². The number of hydrogen-bond donors (Lipinski definition) is 0. The van der Waals surface area contributed by atoms with Gasteiger partial charge in [0.2, 0.25) is 0 Å². The predicted molar refractivity (Wildman–Crippen MR) is 89.2 cm³/mol. The summed E-state index contributed by atoms with van der Waals surface area (Å²) in [6, 6.07) is 15.5. The van der Waals surface area contributed by atoms with Crippen LogP contribution in [-0.2, 0) is 13.0 Å². The molecule has 7 heteroatoms. The van der Waals surface area contributed by atoms with E-state index in [1.807, 2.05) is 36.4 Å². The average Bonchev–Trinajstić information content (AvgIpc) is 3.08. The number of aromatic nitrogens is 2. The number of aryl methyl sites for hydroxylation is 2. The van der Waals surface area contributed by atoms with Crippen molar-refractivity contribution < 1.29 is 17.9 Å². The quantitative estimate of drug-likeness (QED) is 0.672. The van der Waals surface area contributed by atoms with E-state index in [0.29, 0.717) is 17.7 Å². The Balaban J connectivity index is 1.80. The molecule has 4 nitrogen and oxygen atoms in total. The summed E-state index contributed by atoms with van der Waals surface area (Å²) in [6.45, 7) is 0.633. The summed E-state index contributed by atoms with van der Waals surface area (Å²) in [6.07, 6.45) is -0.747. The van der Waals surface area contributed by atoms with Gasteiger partial charge in [0.1, 0.15) is 5.75 Å². The minimum atomic E-state index is -4.81. The van der Waals surface area contributed by atoms with Crippen LogP contribution in [-0.4, -0.2) is 16.1 Å². The fraction of sp³-hybridized carbons (Fsp3) is 0.158. The first kappa shape index (κ1) is 17.5. The van der Waals surface area contributed by atoms with Crippen LogP contribution in [0.4, 0.5) is 13.2 Å². The molecule has 0 aliphatic carbocycles. The Hall–Kier alpha value is -3.27. The van der Waals surface area contributed by atoms with Crippen LogP contribution in [0.1, 0.15) is 11.1 Å². The lowest BCUT2D eigenvalue weighted by Crippen LogP contribution is -2.17. The van der Waals surface area contributed by atoms with Gasteiger partial charge in [-0.05, 0) is 35.7 Å². The maximum Gasteiger partial charge on any atom is 0.573 e. The van der Waals surface area contributed by atoms with Gasteiger partial charge in [-0.2, -0.15) is 10.4 Å². The van der Waals surface area contributed by atoms with E-state index in [1.54, 1.807) is 17.1 Å². The second-order valence-corrected chi connectivity index (χ2v) is 5.63. The molecule has 0 atom stereocenters. The standard InChI is InChI=1S/C19H14F3N3O/c20-19(21,22)26-18-9-15(11-23)8-16(10-18)17-12-24-25(13-17)7-6-14-4-2-1-3-5-14/h1-5,8-10,12-13H,6-7H2. The molecule has 0 unspecified atom stereocenters. The van der Waals surface area contributed by atoms with E-state index < -0.39 is 12.1 Å². The summed E-state index contributed by atoms with van der Waals surface area (Å²) in [5.41, 5.74) is 2.30. The largest absolute Gasteiger partial charge is 0.573 e. The number of benzene rings is 2. The van der Waals surface area contributed by atoms with E-state index >= 15 is 0 Å². The minimum Gasteiger partial charge on any atom is -0.406 e. The first-order chi connectivity index (χ1) is 12.4. The fourth-order valence-corrected chi connectivity index (χ4v) is 2.55. The topological polar surface area (TPSA) is 50.8 Å². The molecule has 0 aliphatic heterocycles. The number of hydrogen-bond acceptors (Lipinski definition) is 3. The second-order valence-electron chi connectivity index (χ2n) is 5.63. The van der Waals surface area contributed by atoms with Crippen LogP contribution in [0.2, 0.25) is 0 Å². The van der Waals surface area contributed by atoms with Gasteiger partial charge < -0.3 is 4.74 Å². The van der Waals surface area contributed by atoms with Crippen LogP contribution in [0.5, 0.6) is 5.75 Å². The molecule has 26 heavy (non-hydrogen) atoms. The molecule has 0 saturated carbocycles. The molecule has 0 aliphatic rings. The lowest BCUT2D eigenvalue weighted by atomic mass is 10.1. The molecular weight excluding hydrogens is 343 g/mol. The zero-order valence-corrected chi connectivity index (χ0v) is 13.6. The van der Waals surface area contributed by atoms with Crippen LogP contribution >= 0.6 is 0 Å². The SMILES string of the molecule is N#Cc1cc(OC(F)(F)F)cc(-c2cnn(CCc3ccccc3)c2)c1. The third kappa shape index (κ3) is 4.63. The molecule has 3 aromatic rings. The third-order valence-electron chi connectivity index (χ3n) is 3.71. The summed E-state index contributed by atoms with van der Waals surface area (Å²) in [5.74, 6) is -0.427. The zero-order chi connectivity index (χ0) is 18.6. The highest BCUT2D eigenvalue weighted by Crippen LogP contribution is 2.29. The fourth-order valence-electron chi connectivity index (χ4n) is 2.55. The van der Waals surface area contributed by atoms with E-state index in [0.717, 1.165) is 18.1 Å². The Morgan fingerprint density at radius 2 is 1.85 bits per heavy atom. The molecule has 0 saturated heterocycles. The first-order valence-corrected chi connectivity index (χ1v) is 7.81. The number of ether oxygens (including phenoxy) is 1. The van der Waals surface area contributed by atoms with Crippen LogP contribution in [0.25, 0.3) is 11.1 Å². The van der Waals surface area contributed by atoms with Crippen molar-refractivity contribution in [3.05, 3.63) is 72.1 Å². The third-order valence-corrected chi connectivity index (χ3v) is 3.71. The van der Waals surface area contributed by atoms with Gasteiger partial charge in [0.05, 0.1) is 17.8 Å². The van der Waals surface area contributed by atoms with Crippen LogP contribution in [0, 0.1) is 11.3 Å². The van der Waals surface area contributed by atoms with E-state index in [-0.39, 0.29) is 5.56 Å². The van der Waals surface area contributed by atoms with Crippen molar-refractivity contribution in [2.45, 2.75) is 19.3 Å². The Morgan fingerprint density at radius 1 is 1.08 bits per heavy atom. The monoisotopic (exact) mass is 357 g/mol. The molecule has 3 rings (SSSR count). The number of rotatable bonds is 5. The minimum absolute atomic E-state index is 0.0822. The van der Waals surface area contributed by atoms with E-state index in [4.69, 9.17) is 5.26 Å². The van der Waals surface area contributed by atoms with E-state index in [2.05, 4.69) is 9.84 Å². The molecule has 2 aromatic carbocycles. The zero-order valence-electron chi connectivity index (χ0n) is 13.6. The molecule has 1 aromatic heterocycles. The molecule has 0 bridgehead atoms. The maximum absolute atomic E-state index is 12.5. The number of halogens is 3. The number of nitriles is 1. The molecule has 0 amide bonds. The summed E-state index contributed by atoms with van der Waals surface area (Å²) in [7, 11) is 0. The average molecular weight is 357 g/mol. The van der Waals surface area contributed by atoms with Gasteiger partial charge in [-0.3, -0.25) is 4.68 Å². The van der Waals surface area contributed by atoms with Crippen LogP contribution < -0.4 is 4.74 Å². The first-order valence-electron chi connectivity index (χ1n) is 7.81. The predicted octanol–water partition coefficient (Wildman–Crippen LogP) is 4.56. The van der Waals surface area contributed by atoms with Gasteiger partial charge in [0.25, 0.3) is 0 Å². The summed E-state index contributed by atoms with van der Waals surface area (Å²) in [5, 5.41) is 13.3. The van der Waals surface area contributed by atoms with E-state index in [9.17, 15) is 13.2 Å². The highest BCUT2D eigenvalue weighted by atomic mass is 19.4. The lowest BCUT2D eigenvalue weighted by Gasteiger charge is -2.10. The molecule has 0 fully saturated rings. The van der Waals surface area contributed by atoms with Gasteiger partial charge in [-0.15, -0.1) is 13.2 Å². The molecule has 132 valence electrons. The van der Waals surface area contributed by atoms with Crippen molar-refractivity contribution >= 4 is 0 Å². The van der Waals surface area contributed by atoms with E-state index in [1.165, 1.54) is 12.1 Å². The molecule has 0 N–H and O–H groups in total. The second kappa shape index (κ2) is 7.31. The Labute approximate surface area is 148 Å². The highest BCUT2D eigenvalue weighted by Gasteiger charge is 2.31. The highest BCUT2D eigenvalue weighted by molar-refractivity contribution is 5.66. The smallest absolute Gasteiger partial charge is 0.406 e. The summed E-state index contributed by atoms with van der Waals surface area (Å²) < 4.78 is 43.0. The van der Waals surface area contributed by atoms with Gasteiger partial charge in [-0.25, -0.2) is 0 Å². The number of alkyl halides is 3. The number of nitrogens with zero attached hydrogens (tertiary/aromatic N) is 3. The molecular formula is C19H14F3N3O. The van der Waals surface area contributed by atoms with Gasteiger partial charge in [0, 0.05) is 18.3 Å². The Bertz CT molecular complexity index is 927. The molecule has 0 radical (unpaired) electrons. The summed E-state index contributed by atoms with van der Waals surface area (Å²) in [4.78, 5) is 0. The van der Waals surface area contributed by atoms with Gasteiger partial charge >= 0.3 is 6.36 Å². The van der Waals surface area contributed by atoms with Crippen molar-refractivity contribution in [1.82, 2.24) is 9.78 Å². The Kier molecular flexibility index (Phi) is 4.94. The van der Waals surface area contributed by atoms with Gasteiger partial charge in [-0.1, -0.05) is 30.3 Å². The van der Waals surface area contributed by atoms with Crippen molar-refractivity contribution in [3.8, 4) is 22.9 Å². The maximum atomic E-state index is 12.5. The Morgan fingerprint density at radius 3 is 2.54 bits per heavy atom. The van der Waals surface area contributed by atoms with Crippen molar-refractivity contribution in [1.29, 1.82) is 5.26 Å². The normalized spacial score (nSPS) is 11.2. The van der Waals surface area contributed by atoms with Crippen molar-refractivity contribution in [2.75, 3.05) is 0 Å². The van der Waals surface area contributed by atoms with Crippen molar-refractivity contribution in [2.24, 2.45) is 0 Å². The molecule has 1 heterocycles. The summed E-state index contributed by atoms with van der Waals surface area (Å²) >= 11 is 0. The van der Waals surface area contributed by atoms with Crippen molar-refractivity contribution in [3.63, 3.8) is 0 Å². The van der Waals surface area contributed by atoms with Gasteiger partial charge in [0.15, 0.2) is 0 Å².